The van der Waals surface area contributed by atoms with Crippen molar-refractivity contribution in [2.45, 2.75) is 26.4 Å². The molecule has 5 heteroatoms. The van der Waals surface area contributed by atoms with Crippen molar-refractivity contribution in [2.75, 3.05) is 25.5 Å². The van der Waals surface area contributed by atoms with Gasteiger partial charge in [0.2, 0.25) is 5.91 Å². The SMILES string of the molecule is COc1ccc(NC(=O)CNCC(O)CC(C)C)cc1. The number of hydrogen-bond donors (Lipinski definition) is 3. The van der Waals surface area contributed by atoms with Crippen molar-refractivity contribution in [3.05, 3.63) is 24.3 Å². The van der Waals surface area contributed by atoms with Gasteiger partial charge in [-0.1, -0.05) is 13.8 Å². The number of nitrogens with one attached hydrogen (secondary N) is 2. The molecule has 3 N–H and O–H groups in total. The number of carbonyl (C=O) groups is 1. The molecule has 1 rings (SSSR count). The minimum Gasteiger partial charge on any atom is -0.497 e. The molecule has 1 amide bonds. The normalized spacial score (nSPS) is 12.2. The van der Waals surface area contributed by atoms with Gasteiger partial charge in [0.1, 0.15) is 5.75 Å². The third-order valence-corrected chi connectivity index (χ3v) is 2.78. The highest BCUT2D eigenvalue weighted by Crippen LogP contribution is 2.14. The van der Waals surface area contributed by atoms with Crippen LogP contribution in [0.3, 0.4) is 0 Å². The van der Waals surface area contributed by atoms with Crippen molar-refractivity contribution < 1.29 is 14.6 Å². The zero-order valence-corrected chi connectivity index (χ0v) is 12.3. The monoisotopic (exact) mass is 280 g/mol. The van der Waals surface area contributed by atoms with E-state index in [9.17, 15) is 9.90 Å². The third-order valence-electron chi connectivity index (χ3n) is 2.78. The van der Waals surface area contributed by atoms with Gasteiger partial charge in [-0.2, -0.15) is 0 Å². The first-order valence-corrected chi connectivity index (χ1v) is 6.84. The molecule has 112 valence electrons. The lowest BCUT2D eigenvalue weighted by Gasteiger charge is -2.13. The largest absolute Gasteiger partial charge is 0.497 e. The Morgan fingerprint density at radius 3 is 2.50 bits per heavy atom. The van der Waals surface area contributed by atoms with E-state index in [0.29, 0.717) is 12.5 Å². The number of amides is 1. The molecule has 1 aromatic carbocycles. The smallest absolute Gasteiger partial charge is 0.238 e. The number of rotatable bonds is 8. The molecule has 20 heavy (non-hydrogen) atoms. The van der Waals surface area contributed by atoms with Crippen LogP contribution in [0, 0.1) is 5.92 Å². The summed E-state index contributed by atoms with van der Waals surface area (Å²) in [6.45, 7) is 4.72. The van der Waals surface area contributed by atoms with Crippen LogP contribution in [0.1, 0.15) is 20.3 Å². The Bertz CT molecular complexity index is 404. The van der Waals surface area contributed by atoms with Crippen LogP contribution in [0.4, 0.5) is 5.69 Å². The van der Waals surface area contributed by atoms with E-state index in [4.69, 9.17) is 4.74 Å². The van der Waals surface area contributed by atoms with Crippen LogP contribution in [0.25, 0.3) is 0 Å². The zero-order valence-electron chi connectivity index (χ0n) is 12.3. The summed E-state index contributed by atoms with van der Waals surface area (Å²) in [7, 11) is 1.60. The molecule has 0 radical (unpaired) electrons. The average molecular weight is 280 g/mol. The van der Waals surface area contributed by atoms with Crippen LogP contribution < -0.4 is 15.4 Å². The number of carbonyl (C=O) groups excluding carboxylic acids is 1. The second-order valence-electron chi connectivity index (χ2n) is 5.19. The van der Waals surface area contributed by atoms with Crippen molar-refractivity contribution in [3.8, 4) is 5.75 Å². The maximum atomic E-state index is 11.7. The average Bonchev–Trinajstić information content (AvgIpc) is 2.38. The summed E-state index contributed by atoms with van der Waals surface area (Å²) >= 11 is 0. The van der Waals surface area contributed by atoms with Crippen LogP contribution in [-0.2, 0) is 4.79 Å². The Hall–Kier alpha value is -1.59. The van der Waals surface area contributed by atoms with Gasteiger partial charge in [0.05, 0.1) is 19.8 Å². The fourth-order valence-electron chi connectivity index (χ4n) is 1.86. The number of aliphatic hydroxyl groups is 1. The first-order valence-electron chi connectivity index (χ1n) is 6.84. The van der Waals surface area contributed by atoms with Crippen molar-refractivity contribution in [1.29, 1.82) is 0 Å². The number of anilines is 1. The highest BCUT2D eigenvalue weighted by Gasteiger charge is 2.08. The maximum absolute atomic E-state index is 11.7. The number of benzene rings is 1. The lowest BCUT2D eigenvalue weighted by molar-refractivity contribution is -0.115. The minimum atomic E-state index is -0.413. The predicted octanol–water partition coefficient (Wildman–Crippen LogP) is 1.63. The van der Waals surface area contributed by atoms with Gasteiger partial charge in [0, 0.05) is 12.2 Å². The molecule has 1 unspecified atom stereocenters. The first kappa shape index (κ1) is 16.5. The molecule has 0 aliphatic heterocycles. The summed E-state index contributed by atoms with van der Waals surface area (Å²) in [6.07, 6.45) is 0.316. The van der Waals surface area contributed by atoms with E-state index < -0.39 is 6.10 Å². The van der Waals surface area contributed by atoms with Crippen LogP contribution >= 0.6 is 0 Å². The molecule has 0 saturated heterocycles. The molecule has 0 saturated carbocycles. The molecule has 1 aromatic rings. The van der Waals surface area contributed by atoms with Gasteiger partial charge < -0.3 is 20.5 Å². The Morgan fingerprint density at radius 1 is 1.30 bits per heavy atom. The molecule has 0 spiro atoms. The topological polar surface area (TPSA) is 70.6 Å². The third kappa shape index (κ3) is 6.54. The van der Waals surface area contributed by atoms with Crippen molar-refractivity contribution in [1.82, 2.24) is 5.32 Å². The summed E-state index contributed by atoms with van der Waals surface area (Å²) in [5.41, 5.74) is 0.723. The zero-order chi connectivity index (χ0) is 15.0. The van der Waals surface area contributed by atoms with E-state index in [1.165, 1.54) is 0 Å². The molecule has 1 atom stereocenters. The highest BCUT2D eigenvalue weighted by atomic mass is 16.5. The molecule has 0 bridgehead atoms. The number of methoxy groups -OCH3 is 1. The molecule has 0 aliphatic carbocycles. The maximum Gasteiger partial charge on any atom is 0.238 e. The van der Waals surface area contributed by atoms with Crippen molar-refractivity contribution in [2.24, 2.45) is 5.92 Å². The Kier molecular flexibility index (Phi) is 7.04. The number of hydrogen-bond acceptors (Lipinski definition) is 4. The standard InChI is InChI=1S/C15H24N2O3/c1-11(2)8-13(18)9-16-10-15(19)17-12-4-6-14(20-3)7-5-12/h4-7,11,13,16,18H,8-10H2,1-3H3,(H,17,19). The lowest BCUT2D eigenvalue weighted by Crippen LogP contribution is -2.34. The van der Waals surface area contributed by atoms with Gasteiger partial charge in [0.15, 0.2) is 0 Å². The van der Waals surface area contributed by atoms with Crippen LogP contribution in [0.5, 0.6) is 5.75 Å². The summed E-state index contributed by atoms with van der Waals surface area (Å²) in [6, 6.07) is 7.14. The minimum absolute atomic E-state index is 0.132. The van der Waals surface area contributed by atoms with E-state index in [-0.39, 0.29) is 12.5 Å². The van der Waals surface area contributed by atoms with Gasteiger partial charge in [-0.3, -0.25) is 4.79 Å². The van der Waals surface area contributed by atoms with Crippen LogP contribution in [0.15, 0.2) is 24.3 Å². The van der Waals surface area contributed by atoms with Gasteiger partial charge in [0.25, 0.3) is 0 Å². The van der Waals surface area contributed by atoms with E-state index in [1.54, 1.807) is 31.4 Å². The lowest BCUT2D eigenvalue weighted by atomic mass is 10.1. The summed E-state index contributed by atoms with van der Waals surface area (Å²) in [5.74, 6) is 1.06. The molecule has 0 heterocycles. The molecule has 0 aliphatic rings. The Labute approximate surface area is 120 Å². The van der Waals surface area contributed by atoms with Crippen molar-refractivity contribution in [3.63, 3.8) is 0 Å². The summed E-state index contributed by atoms with van der Waals surface area (Å²) in [4.78, 5) is 11.7. The molecule has 0 aromatic heterocycles. The van der Waals surface area contributed by atoms with Crippen LogP contribution in [0.2, 0.25) is 0 Å². The fraction of sp³-hybridized carbons (Fsp3) is 0.533. The predicted molar refractivity (Wildman–Crippen MR) is 80.0 cm³/mol. The molecule has 0 fully saturated rings. The van der Waals surface area contributed by atoms with Gasteiger partial charge in [-0.25, -0.2) is 0 Å². The summed E-state index contributed by atoms with van der Waals surface area (Å²) < 4.78 is 5.04. The Balaban J connectivity index is 2.25. The van der Waals surface area contributed by atoms with E-state index in [1.807, 2.05) is 0 Å². The van der Waals surface area contributed by atoms with Crippen LogP contribution in [-0.4, -0.2) is 37.3 Å². The second kappa shape index (κ2) is 8.55. The van der Waals surface area contributed by atoms with E-state index in [2.05, 4.69) is 24.5 Å². The van der Waals surface area contributed by atoms with E-state index >= 15 is 0 Å². The van der Waals surface area contributed by atoms with Crippen molar-refractivity contribution >= 4 is 11.6 Å². The molecular formula is C15H24N2O3. The van der Waals surface area contributed by atoms with Gasteiger partial charge in [-0.05, 0) is 36.6 Å². The van der Waals surface area contributed by atoms with E-state index in [0.717, 1.165) is 17.9 Å². The molecule has 5 nitrogen and oxygen atoms in total. The Morgan fingerprint density at radius 2 is 1.95 bits per heavy atom. The van der Waals surface area contributed by atoms with Gasteiger partial charge >= 0.3 is 0 Å². The second-order valence-corrected chi connectivity index (χ2v) is 5.19. The highest BCUT2D eigenvalue weighted by molar-refractivity contribution is 5.92. The first-order chi connectivity index (χ1) is 9.51. The number of ether oxygens (including phenoxy) is 1. The molecular weight excluding hydrogens is 256 g/mol. The quantitative estimate of drug-likeness (QED) is 0.677. The summed E-state index contributed by atoms with van der Waals surface area (Å²) in [5, 5.41) is 15.4. The number of aliphatic hydroxyl groups excluding tert-OH is 1. The van der Waals surface area contributed by atoms with Gasteiger partial charge in [-0.15, -0.1) is 0 Å². The fourth-order valence-corrected chi connectivity index (χ4v) is 1.86.